The van der Waals surface area contributed by atoms with Crippen LogP contribution in [0.15, 0.2) is 65.6 Å². The summed E-state index contributed by atoms with van der Waals surface area (Å²) in [6.07, 6.45) is -1.35. The number of halogens is 2. The first-order valence-corrected chi connectivity index (χ1v) is 13.0. The third-order valence-electron chi connectivity index (χ3n) is 5.50. The lowest BCUT2D eigenvalue weighted by Crippen LogP contribution is -2.42. The highest BCUT2D eigenvalue weighted by molar-refractivity contribution is 7.92. The molecule has 0 radical (unpaired) electrons. The Kier molecular flexibility index (Phi) is 8.86. The van der Waals surface area contributed by atoms with Gasteiger partial charge in [-0.15, -0.1) is 0 Å². The number of carbonyl (C=O) groups is 1. The second-order valence-electron chi connectivity index (χ2n) is 7.91. The molecule has 0 saturated carbocycles. The number of benzene rings is 3. The van der Waals surface area contributed by atoms with Crippen molar-refractivity contribution in [3.05, 3.63) is 81.8 Å². The number of aliphatic hydroxyl groups excluding tert-OH is 1. The van der Waals surface area contributed by atoms with Crippen molar-refractivity contribution < 1.29 is 27.8 Å². The van der Waals surface area contributed by atoms with E-state index in [2.05, 4.69) is 0 Å². The standard InChI is InChI=1S/C25H26Cl2N2O6S/c1-15(28)22(30)14-29(36(32,33)17-9-11-23(34-2)24(13-17)35-3)21-10-8-16(26)12-19(21)25(31)18-6-4-5-7-20(18)27/h4-13,15,25,31H,14,28H2,1-3H3. The number of Topliss-reactive ketones (excluding diaryl/α,β-unsaturated/α-hetero) is 1. The molecule has 0 bridgehead atoms. The van der Waals surface area contributed by atoms with Crippen LogP contribution < -0.4 is 19.5 Å². The van der Waals surface area contributed by atoms with Gasteiger partial charge in [-0.3, -0.25) is 9.10 Å². The monoisotopic (exact) mass is 552 g/mol. The number of nitrogens with two attached hydrogens (primary N) is 1. The number of carbonyl (C=O) groups excluding carboxylic acids is 1. The fraction of sp³-hybridized carbons (Fsp3) is 0.240. The van der Waals surface area contributed by atoms with E-state index in [4.69, 9.17) is 38.4 Å². The number of ketones is 1. The summed E-state index contributed by atoms with van der Waals surface area (Å²) in [5.41, 5.74) is 6.28. The Labute approximate surface area is 220 Å². The Morgan fingerprint density at radius 1 is 1.00 bits per heavy atom. The van der Waals surface area contributed by atoms with Crippen LogP contribution in [0.3, 0.4) is 0 Å². The van der Waals surface area contributed by atoms with Gasteiger partial charge in [0.25, 0.3) is 10.0 Å². The average molecular weight is 553 g/mol. The zero-order valence-corrected chi connectivity index (χ0v) is 22.1. The minimum Gasteiger partial charge on any atom is -0.493 e. The molecule has 0 spiro atoms. The maximum absolute atomic E-state index is 13.9. The van der Waals surface area contributed by atoms with Crippen LogP contribution in [-0.4, -0.2) is 46.1 Å². The summed E-state index contributed by atoms with van der Waals surface area (Å²) in [4.78, 5) is 12.6. The van der Waals surface area contributed by atoms with Crippen molar-refractivity contribution in [3.8, 4) is 11.5 Å². The summed E-state index contributed by atoms with van der Waals surface area (Å²) in [6, 6.07) is 14.0. The van der Waals surface area contributed by atoms with E-state index >= 15 is 0 Å². The van der Waals surface area contributed by atoms with Crippen LogP contribution in [0.25, 0.3) is 0 Å². The van der Waals surface area contributed by atoms with Gasteiger partial charge in [0.15, 0.2) is 17.3 Å². The van der Waals surface area contributed by atoms with Crippen LogP contribution in [-0.2, 0) is 14.8 Å². The topological polar surface area (TPSA) is 119 Å². The Bertz CT molecular complexity index is 1360. The van der Waals surface area contributed by atoms with Crippen molar-refractivity contribution in [2.75, 3.05) is 25.1 Å². The normalized spacial score (nSPS) is 13.1. The van der Waals surface area contributed by atoms with Crippen molar-refractivity contribution >= 4 is 44.7 Å². The number of sulfonamides is 1. The second kappa shape index (κ2) is 11.5. The molecule has 0 aliphatic heterocycles. The SMILES string of the molecule is COc1ccc(S(=O)(=O)N(CC(=O)C(C)N)c2ccc(Cl)cc2C(O)c2ccccc2Cl)cc1OC. The molecule has 0 amide bonds. The molecule has 2 unspecified atom stereocenters. The van der Waals surface area contributed by atoms with Gasteiger partial charge in [0.1, 0.15) is 6.10 Å². The van der Waals surface area contributed by atoms with Gasteiger partial charge in [-0.2, -0.15) is 0 Å². The quantitative estimate of drug-likeness (QED) is 0.386. The summed E-state index contributed by atoms with van der Waals surface area (Å²) in [5.74, 6) is -0.0207. The molecule has 36 heavy (non-hydrogen) atoms. The molecule has 2 atom stereocenters. The first kappa shape index (κ1) is 27.8. The molecule has 0 heterocycles. The number of ether oxygens (including phenoxy) is 2. The van der Waals surface area contributed by atoms with Gasteiger partial charge in [0, 0.05) is 27.2 Å². The third kappa shape index (κ3) is 5.77. The van der Waals surface area contributed by atoms with Gasteiger partial charge in [-0.1, -0.05) is 41.4 Å². The molecule has 8 nitrogen and oxygen atoms in total. The fourth-order valence-electron chi connectivity index (χ4n) is 3.53. The first-order valence-electron chi connectivity index (χ1n) is 10.8. The molecule has 3 aromatic carbocycles. The smallest absolute Gasteiger partial charge is 0.264 e. The summed E-state index contributed by atoms with van der Waals surface area (Å²) >= 11 is 12.5. The maximum atomic E-state index is 13.9. The minimum atomic E-state index is -4.37. The highest BCUT2D eigenvalue weighted by Gasteiger charge is 2.32. The molecule has 0 saturated heterocycles. The number of hydrogen-bond donors (Lipinski definition) is 2. The highest BCUT2D eigenvalue weighted by Crippen LogP contribution is 2.39. The van der Waals surface area contributed by atoms with Crippen LogP contribution >= 0.6 is 23.2 Å². The molecular formula is C25H26Cl2N2O6S. The van der Waals surface area contributed by atoms with E-state index in [-0.39, 0.29) is 31.9 Å². The second-order valence-corrected chi connectivity index (χ2v) is 10.6. The van der Waals surface area contributed by atoms with Crippen molar-refractivity contribution in [2.45, 2.75) is 24.0 Å². The largest absolute Gasteiger partial charge is 0.493 e. The molecule has 0 aliphatic rings. The van der Waals surface area contributed by atoms with Gasteiger partial charge in [0.2, 0.25) is 0 Å². The maximum Gasteiger partial charge on any atom is 0.264 e. The highest BCUT2D eigenvalue weighted by atomic mass is 35.5. The van der Waals surface area contributed by atoms with E-state index in [9.17, 15) is 18.3 Å². The number of hydrogen-bond acceptors (Lipinski definition) is 7. The van der Waals surface area contributed by atoms with Crippen molar-refractivity contribution in [1.82, 2.24) is 0 Å². The minimum absolute atomic E-state index is 0.0376. The zero-order valence-electron chi connectivity index (χ0n) is 19.8. The van der Waals surface area contributed by atoms with E-state index in [1.807, 2.05) is 0 Å². The molecule has 0 fully saturated rings. The molecule has 3 rings (SSSR count). The Balaban J connectivity index is 2.24. The van der Waals surface area contributed by atoms with Crippen LogP contribution in [0.4, 0.5) is 5.69 Å². The van der Waals surface area contributed by atoms with E-state index < -0.39 is 34.5 Å². The van der Waals surface area contributed by atoms with Gasteiger partial charge in [0.05, 0.1) is 37.4 Å². The fourth-order valence-corrected chi connectivity index (χ4v) is 5.42. The van der Waals surface area contributed by atoms with Gasteiger partial charge in [-0.05, 0) is 43.3 Å². The van der Waals surface area contributed by atoms with Gasteiger partial charge in [-0.25, -0.2) is 8.42 Å². The molecule has 192 valence electrons. The predicted molar refractivity (Wildman–Crippen MR) is 140 cm³/mol. The number of aliphatic hydroxyl groups is 1. The predicted octanol–water partition coefficient (Wildman–Crippen LogP) is 4.20. The molecule has 11 heteroatoms. The summed E-state index contributed by atoms with van der Waals surface area (Å²) in [5, 5.41) is 11.8. The van der Waals surface area contributed by atoms with Gasteiger partial charge < -0.3 is 20.3 Å². The lowest BCUT2D eigenvalue weighted by Gasteiger charge is -2.28. The van der Waals surface area contributed by atoms with E-state index in [1.54, 1.807) is 24.3 Å². The van der Waals surface area contributed by atoms with Crippen LogP contribution in [0.5, 0.6) is 11.5 Å². The van der Waals surface area contributed by atoms with Crippen molar-refractivity contribution in [1.29, 1.82) is 0 Å². The molecule has 0 aliphatic carbocycles. The number of rotatable bonds is 10. The number of methoxy groups -OCH3 is 2. The third-order valence-corrected chi connectivity index (χ3v) is 7.84. The van der Waals surface area contributed by atoms with E-state index in [0.29, 0.717) is 11.3 Å². The summed E-state index contributed by atoms with van der Waals surface area (Å²) < 4.78 is 39.2. The zero-order chi connectivity index (χ0) is 26.6. The van der Waals surface area contributed by atoms with Crippen molar-refractivity contribution in [2.24, 2.45) is 5.73 Å². The molecular weight excluding hydrogens is 527 g/mol. The average Bonchev–Trinajstić information content (AvgIpc) is 2.86. The Morgan fingerprint density at radius 2 is 1.67 bits per heavy atom. The first-order chi connectivity index (χ1) is 17.0. The molecule has 3 N–H and O–H groups in total. The Hall–Kier alpha value is -2.82. The Morgan fingerprint density at radius 3 is 2.28 bits per heavy atom. The lowest BCUT2D eigenvalue weighted by molar-refractivity contribution is -0.118. The van der Waals surface area contributed by atoms with E-state index in [0.717, 1.165) is 4.31 Å². The molecule has 0 aromatic heterocycles. The summed E-state index contributed by atoms with van der Waals surface area (Å²) in [6.45, 7) is 0.878. The van der Waals surface area contributed by atoms with Crippen LogP contribution in [0.2, 0.25) is 10.0 Å². The molecule has 3 aromatic rings. The van der Waals surface area contributed by atoms with E-state index in [1.165, 1.54) is 57.5 Å². The summed E-state index contributed by atoms with van der Waals surface area (Å²) in [7, 11) is -1.56. The van der Waals surface area contributed by atoms with Crippen LogP contribution in [0.1, 0.15) is 24.2 Å². The van der Waals surface area contributed by atoms with Crippen molar-refractivity contribution in [3.63, 3.8) is 0 Å². The number of anilines is 1. The van der Waals surface area contributed by atoms with Crippen LogP contribution in [0, 0.1) is 0 Å². The lowest BCUT2D eigenvalue weighted by atomic mass is 9.99. The van der Waals surface area contributed by atoms with Gasteiger partial charge >= 0.3 is 0 Å². The number of nitrogens with zero attached hydrogens (tertiary/aromatic N) is 1.